The van der Waals surface area contributed by atoms with E-state index in [1.165, 1.54) is 0 Å². The minimum atomic E-state index is -0.431. The third-order valence-electron chi connectivity index (χ3n) is 4.82. The average molecular weight is 343 g/mol. The third-order valence-corrected chi connectivity index (χ3v) is 5.15. The molecule has 1 aliphatic heterocycles. The van der Waals surface area contributed by atoms with Gasteiger partial charge in [0, 0.05) is 11.1 Å². The Morgan fingerprint density at radius 3 is 2.00 bits per heavy atom. The number of halogens is 1. The minimum absolute atomic E-state index is 0.0962. The molecule has 1 aliphatic rings. The largest absolute Gasteiger partial charge is 0.494 e. The molecule has 24 heavy (non-hydrogen) atoms. The molecule has 0 saturated carbocycles. The number of benzene rings is 2. The molecule has 1 saturated heterocycles. The average Bonchev–Trinajstić information content (AvgIpc) is 2.75. The van der Waals surface area contributed by atoms with Crippen molar-refractivity contribution in [3.63, 3.8) is 0 Å². The van der Waals surface area contributed by atoms with Gasteiger partial charge in [0.15, 0.2) is 5.78 Å². The molecule has 0 bridgehead atoms. The van der Waals surface area contributed by atoms with Crippen molar-refractivity contribution >= 4 is 30.0 Å². The molecule has 0 unspecified atom stereocenters. The second kappa shape index (κ2) is 6.03. The highest BCUT2D eigenvalue weighted by atomic mass is 35.5. The van der Waals surface area contributed by atoms with E-state index in [4.69, 9.17) is 20.9 Å². The summed E-state index contributed by atoms with van der Waals surface area (Å²) in [5.41, 5.74) is 1.21. The molecule has 2 aromatic rings. The number of hydrogen-bond acceptors (Lipinski definition) is 3. The van der Waals surface area contributed by atoms with Crippen LogP contribution in [0.5, 0.6) is 0 Å². The van der Waals surface area contributed by atoms with Crippen molar-refractivity contribution < 1.29 is 14.1 Å². The van der Waals surface area contributed by atoms with E-state index in [0.29, 0.717) is 16.1 Å². The van der Waals surface area contributed by atoms with Gasteiger partial charge in [-0.05, 0) is 45.3 Å². The van der Waals surface area contributed by atoms with Crippen LogP contribution in [0.15, 0.2) is 48.5 Å². The molecule has 0 N–H and O–H groups in total. The van der Waals surface area contributed by atoms with Crippen molar-refractivity contribution in [1.29, 1.82) is 0 Å². The number of rotatable bonds is 3. The van der Waals surface area contributed by atoms with Gasteiger partial charge < -0.3 is 9.31 Å². The van der Waals surface area contributed by atoms with Gasteiger partial charge in [-0.15, -0.1) is 0 Å². The molecule has 0 amide bonds. The highest BCUT2D eigenvalue weighted by molar-refractivity contribution is 6.62. The maximum Gasteiger partial charge on any atom is 0.494 e. The fraction of sp³-hybridized carbons (Fsp3) is 0.316. The topological polar surface area (TPSA) is 35.5 Å². The van der Waals surface area contributed by atoms with Crippen LogP contribution >= 0.6 is 11.6 Å². The Kier molecular flexibility index (Phi) is 4.33. The van der Waals surface area contributed by atoms with E-state index in [1.54, 1.807) is 36.4 Å². The summed E-state index contributed by atoms with van der Waals surface area (Å²) in [6, 6.07) is 14.4. The van der Waals surface area contributed by atoms with Gasteiger partial charge in [-0.25, -0.2) is 0 Å². The predicted octanol–water partition coefficient (Wildman–Crippen LogP) is 3.87. The minimum Gasteiger partial charge on any atom is -0.399 e. The number of carbonyl (C=O) groups is 1. The third kappa shape index (κ3) is 3.02. The van der Waals surface area contributed by atoms with Crippen molar-refractivity contribution in [2.24, 2.45) is 0 Å². The summed E-state index contributed by atoms with van der Waals surface area (Å²) in [4.78, 5) is 12.6. The molecule has 2 aromatic carbocycles. The van der Waals surface area contributed by atoms with E-state index < -0.39 is 7.12 Å². The molecular weight excluding hydrogens is 322 g/mol. The SMILES string of the molecule is CC1(C)OB(c2ccc(C(=O)c3ccccc3Cl)cc2)OC1(C)C. The predicted molar refractivity (Wildman–Crippen MR) is 97.0 cm³/mol. The van der Waals surface area contributed by atoms with Crippen LogP contribution in [-0.4, -0.2) is 24.1 Å². The van der Waals surface area contributed by atoms with E-state index in [9.17, 15) is 4.79 Å². The van der Waals surface area contributed by atoms with Crippen LogP contribution in [0.1, 0.15) is 43.6 Å². The van der Waals surface area contributed by atoms with E-state index in [-0.39, 0.29) is 17.0 Å². The monoisotopic (exact) mass is 342 g/mol. The van der Waals surface area contributed by atoms with Crippen molar-refractivity contribution in [1.82, 2.24) is 0 Å². The molecule has 3 nitrogen and oxygen atoms in total. The summed E-state index contributed by atoms with van der Waals surface area (Å²) in [6.45, 7) is 8.06. The van der Waals surface area contributed by atoms with Crippen LogP contribution in [0.4, 0.5) is 0 Å². The van der Waals surface area contributed by atoms with Gasteiger partial charge >= 0.3 is 7.12 Å². The summed E-state index contributed by atoms with van der Waals surface area (Å²) in [5.74, 6) is -0.0962. The Hall–Kier alpha value is -1.62. The van der Waals surface area contributed by atoms with E-state index >= 15 is 0 Å². The molecule has 0 radical (unpaired) electrons. The lowest BCUT2D eigenvalue weighted by Gasteiger charge is -2.32. The van der Waals surface area contributed by atoms with Crippen molar-refractivity contribution in [2.45, 2.75) is 38.9 Å². The van der Waals surface area contributed by atoms with Crippen LogP contribution in [-0.2, 0) is 9.31 Å². The van der Waals surface area contributed by atoms with Crippen molar-refractivity contribution in [3.05, 3.63) is 64.7 Å². The zero-order valence-corrected chi connectivity index (χ0v) is 15.1. The first-order chi connectivity index (χ1) is 11.2. The zero-order chi connectivity index (χ0) is 17.5. The molecule has 0 spiro atoms. The van der Waals surface area contributed by atoms with Gasteiger partial charge in [0.2, 0.25) is 0 Å². The Labute approximate surface area is 148 Å². The Balaban J connectivity index is 1.82. The summed E-state index contributed by atoms with van der Waals surface area (Å²) < 4.78 is 12.1. The van der Waals surface area contributed by atoms with Gasteiger partial charge in [0.1, 0.15) is 0 Å². The molecule has 1 heterocycles. The highest BCUT2D eigenvalue weighted by Crippen LogP contribution is 2.36. The maximum atomic E-state index is 12.6. The molecule has 5 heteroatoms. The quantitative estimate of drug-likeness (QED) is 0.627. The van der Waals surface area contributed by atoms with Gasteiger partial charge in [-0.2, -0.15) is 0 Å². The maximum absolute atomic E-state index is 12.6. The molecule has 1 fully saturated rings. The van der Waals surface area contributed by atoms with Crippen LogP contribution in [0.25, 0.3) is 0 Å². The summed E-state index contributed by atoms with van der Waals surface area (Å²) >= 11 is 6.11. The van der Waals surface area contributed by atoms with Crippen molar-refractivity contribution in [3.8, 4) is 0 Å². The van der Waals surface area contributed by atoms with E-state index in [0.717, 1.165) is 5.46 Å². The lowest BCUT2D eigenvalue weighted by molar-refractivity contribution is 0.00578. The van der Waals surface area contributed by atoms with Crippen LogP contribution in [0.2, 0.25) is 5.02 Å². The van der Waals surface area contributed by atoms with E-state index in [1.807, 2.05) is 39.8 Å². The number of carbonyl (C=O) groups excluding carboxylic acids is 1. The molecule has 0 aliphatic carbocycles. The molecule has 0 aromatic heterocycles. The lowest BCUT2D eigenvalue weighted by atomic mass is 9.78. The Morgan fingerprint density at radius 2 is 1.46 bits per heavy atom. The fourth-order valence-corrected chi connectivity index (χ4v) is 2.79. The molecule has 0 atom stereocenters. The van der Waals surface area contributed by atoms with Gasteiger partial charge in [-0.3, -0.25) is 4.79 Å². The lowest BCUT2D eigenvalue weighted by Crippen LogP contribution is -2.41. The summed E-state index contributed by atoms with van der Waals surface area (Å²) in [5, 5.41) is 0.456. The first-order valence-corrected chi connectivity index (χ1v) is 8.34. The first-order valence-electron chi connectivity index (χ1n) is 7.96. The number of hydrogen-bond donors (Lipinski definition) is 0. The van der Waals surface area contributed by atoms with Gasteiger partial charge in [0.25, 0.3) is 0 Å². The van der Waals surface area contributed by atoms with Crippen LogP contribution < -0.4 is 5.46 Å². The standard InChI is InChI=1S/C19H20BClO3/c1-18(2)19(3,4)24-20(23-18)14-11-9-13(10-12-14)17(22)15-7-5-6-8-16(15)21/h5-12H,1-4H3. The molecule has 3 rings (SSSR count). The first kappa shape index (κ1) is 17.2. The van der Waals surface area contributed by atoms with Crippen LogP contribution in [0, 0.1) is 0 Å². The van der Waals surface area contributed by atoms with Gasteiger partial charge in [0.05, 0.1) is 16.2 Å². The second-order valence-electron chi connectivity index (χ2n) is 7.02. The Bertz CT molecular complexity index is 752. The van der Waals surface area contributed by atoms with Gasteiger partial charge in [-0.1, -0.05) is 48.0 Å². The fourth-order valence-electron chi connectivity index (χ4n) is 2.57. The molecule has 124 valence electrons. The van der Waals surface area contributed by atoms with Crippen molar-refractivity contribution in [2.75, 3.05) is 0 Å². The highest BCUT2D eigenvalue weighted by Gasteiger charge is 2.51. The van der Waals surface area contributed by atoms with E-state index in [2.05, 4.69) is 0 Å². The summed E-state index contributed by atoms with van der Waals surface area (Å²) in [7, 11) is -0.431. The second-order valence-corrected chi connectivity index (χ2v) is 7.43. The number of ketones is 1. The Morgan fingerprint density at radius 1 is 0.917 bits per heavy atom. The smallest absolute Gasteiger partial charge is 0.399 e. The summed E-state index contributed by atoms with van der Waals surface area (Å²) in [6.07, 6.45) is 0. The van der Waals surface area contributed by atoms with Crippen LogP contribution in [0.3, 0.4) is 0 Å². The molecular formula is C19H20BClO3. The normalized spacial score (nSPS) is 18.6. The zero-order valence-electron chi connectivity index (χ0n) is 14.3.